The molecule has 2 aromatic carbocycles. The maximum Gasteiger partial charge on any atom is 0.191 e. The third kappa shape index (κ3) is 5.95. The number of nitrogens with zero attached hydrogens (tertiary/aromatic N) is 3. The monoisotopic (exact) mass is 389 g/mol. The van der Waals surface area contributed by atoms with Crippen LogP contribution >= 0.6 is 0 Å². The van der Waals surface area contributed by atoms with Crippen LogP contribution in [-0.2, 0) is 19.5 Å². The molecule has 3 aromatic rings. The van der Waals surface area contributed by atoms with Crippen LogP contribution in [0.2, 0.25) is 0 Å². The number of benzene rings is 2. The molecule has 0 spiro atoms. The van der Waals surface area contributed by atoms with Gasteiger partial charge < -0.3 is 10.6 Å². The number of aliphatic imine (C=N–C) groups is 1. The van der Waals surface area contributed by atoms with Crippen LogP contribution in [0, 0.1) is 13.8 Å². The topological polar surface area (TPSA) is 54.2 Å². The number of hydrogen-bond acceptors (Lipinski definition) is 2. The molecule has 0 saturated heterocycles. The van der Waals surface area contributed by atoms with Crippen LogP contribution in [0.4, 0.5) is 0 Å². The highest BCUT2D eigenvalue weighted by atomic mass is 15.3. The van der Waals surface area contributed by atoms with Gasteiger partial charge in [-0.05, 0) is 37.8 Å². The van der Waals surface area contributed by atoms with E-state index in [1.54, 1.807) is 0 Å². The van der Waals surface area contributed by atoms with Gasteiger partial charge in [-0.25, -0.2) is 0 Å². The smallest absolute Gasteiger partial charge is 0.191 e. The van der Waals surface area contributed by atoms with E-state index in [0.717, 1.165) is 37.6 Å². The van der Waals surface area contributed by atoms with Crippen molar-refractivity contribution in [3.8, 4) is 0 Å². The van der Waals surface area contributed by atoms with E-state index >= 15 is 0 Å². The predicted molar refractivity (Wildman–Crippen MR) is 120 cm³/mol. The Balaban J connectivity index is 1.50. The number of guanidine groups is 1. The van der Waals surface area contributed by atoms with Gasteiger partial charge in [0.2, 0.25) is 0 Å². The molecule has 0 aliphatic carbocycles. The lowest BCUT2D eigenvalue weighted by molar-refractivity contribution is 0.657. The number of rotatable bonds is 8. The first-order valence-electron chi connectivity index (χ1n) is 10.2. The fourth-order valence-electron chi connectivity index (χ4n) is 3.44. The molecule has 0 aliphatic rings. The maximum absolute atomic E-state index is 4.73. The van der Waals surface area contributed by atoms with Crippen molar-refractivity contribution in [1.82, 2.24) is 20.4 Å². The molecule has 0 aliphatic heterocycles. The molecule has 0 bridgehead atoms. The number of aryl methyl sites for hydroxylation is 2. The highest BCUT2D eigenvalue weighted by Gasteiger charge is 2.12. The third-order valence-electron chi connectivity index (χ3n) is 5.14. The lowest BCUT2D eigenvalue weighted by Crippen LogP contribution is -2.37. The summed E-state index contributed by atoms with van der Waals surface area (Å²) >= 11 is 0. The van der Waals surface area contributed by atoms with Crippen LogP contribution in [0.25, 0.3) is 0 Å². The largest absolute Gasteiger partial charge is 0.356 e. The van der Waals surface area contributed by atoms with Gasteiger partial charge in [0.25, 0.3) is 0 Å². The van der Waals surface area contributed by atoms with Crippen molar-refractivity contribution in [2.24, 2.45) is 4.99 Å². The van der Waals surface area contributed by atoms with Crippen LogP contribution in [0.3, 0.4) is 0 Å². The molecule has 29 heavy (non-hydrogen) atoms. The fraction of sp³-hybridized carbons (Fsp3) is 0.333. The molecule has 1 aromatic heterocycles. The minimum absolute atomic E-state index is 0.713. The van der Waals surface area contributed by atoms with E-state index in [9.17, 15) is 0 Å². The van der Waals surface area contributed by atoms with Crippen molar-refractivity contribution in [3.63, 3.8) is 0 Å². The summed E-state index contributed by atoms with van der Waals surface area (Å²) < 4.78 is 2.08. The van der Waals surface area contributed by atoms with Crippen molar-refractivity contribution in [3.05, 3.63) is 88.7 Å². The summed E-state index contributed by atoms with van der Waals surface area (Å²) in [7, 11) is 1.81. The predicted octanol–water partition coefficient (Wildman–Crippen LogP) is 3.85. The van der Waals surface area contributed by atoms with Crippen molar-refractivity contribution in [2.45, 2.75) is 39.8 Å². The lowest BCUT2D eigenvalue weighted by Gasteiger charge is -2.12. The zero-order valence-corrected chi connectivity index (χ0v) is 17.7. The Morgan fingerprint density at radius 1 is 0.931 bits per heavy atom. The van der Waals surface area contributed by atoms with Gasteiger partial charge in [-0.3, -0.25) is 9.67 Å². The molecule has 0 unspecified atom stereocenters. The number of nitrogens with one attached hydrogen (secondary N) is 2. The van der Waals surface area contributed by atoms with E-state index < -0.39 is 0 Å². The SMILES string of the molecule is CN=C(NCCCc1ccccc1)NCc1c(C)nn(Cc2ccccc2)c1C. The Bertz CT molecular complexity index is 913. The summed E-state index contributed by atoms with van der Waals surface area (Å²) in [5, 5.41) is 11.6. The third-order valence-corrected chi connectivity index (χ3v) is 5.14. The van der Waals surface area contributed by atoms with Crippen LogP contribution in [0.5, 0.6) is 0 Å². The Morgan fingerprint density at radius 3 is 2.24 bits per heavy atom. The van der Waals surface area contributed by atoms with E-state index in [2.05, 4.69) is 88.8 Å². The van der Waals surface area contributed by atoms with Crippen LogP contribution in [0.15, 0.2) is 65.7 Å². The Kier molecular flexibility index (Phi) is 7.45. The van der Waals surface area contributed by atoms with E-state index in [4.69, 9.17) is 5.10 Å². The van der Waals surface area contributed by atoms with Crippen molar-refractivity contribution >= 4 is 5.96 Å². The van der Waals surface area contributed by atoms with Crippen molar-refractivity contribution in [2.75, 3.05) is 13.6 Å². The van der Waals surface area contributed by atoms with Crippen LogP contribution < -0.4 is 10.6 Å². The minimum Gasteiger partial charge on any atom is -0.356 e. The summed E-state index contributed by atoms with van der Waals surface area (Å²) in [4.78, 5) is 4.35. The molecule has 1 heterocycles. The van der Waals surface area contributed by atoms with Gasteiger partial charge in [0, 0.05) is 31.4 Å². The minimum atomic E-state index is 0.713. The molecule has 0 saturated carbocycles. The van der Waals surface area contributed by atoms with Gasteiger partial charge in [0.15, 0.2) is 5.96 Å². The van der Waals surface area contributed by atoms with Gasteiger partial charge in [-0.15, -0.1) is 0 Å². The normalized spacial score (nSPS) is 11.5. The first-order chi connectivity index (χ1) is 14.2. The van der Waals surface area contributed by atoms with Gasteiger partial charge in [-0.1, -0.05) is 60.7 Å². The molecular weight excluding hydrogens is 358 g/mol. The highest BCUT2D eigenvalue weighted by Crippen LogP contribution is 2.14. The maximum atomic E-state index is 4.73. The van der Waals surface area contributed by atoms with Gasteiger partial charge >= 0.3 is 0 Å². The molecule has 2 N–H and O–H groups in total. The first-order valence-corrected chi connectivity index (χ1v) is 10.2. The Morgan fingerprint density at radius 2 is 1.59 bits per heavy atom. The first kappa shape index (κ1) is 20.6. The molecule has 152 valence electrons. The molecule has 0 amide bonds. The van der Waals surface area contributed by atoms with E-state index in [-0.39, 0.29) is 0 Å². The fourth-order valence-corrected chi connectivity index (χ4v) is 3.44. The second-order valence-electron chi connectivity index (χ2n) is 7.23. The zero-order valence-electron chi connectivity index (χ0n) is 17.7. The summed E-state index contributed by atoms with van der Waals surface area (Å²) in [6.45, 7) is 6.60. The van der Waals surface area contributed by atoms with Gasteiger partial charge in [0.05, 0.1) is 12.2 Å². The second kappa shape index (κ2) is 10.5. The molecule has 5 heteroatoms. The molecule has 0 fully saturated rings. The van der Waals surface area contributed by atoms with E-state index in [1.165, 1.54) is 22.4 Å². The lowest BCUT2D eigenvalue weighted by atomic mass is 10.1. The van der Waals surface area contributed by atoms with Gasteiger partial charge in [0.1, 0.15) is 0 Å². The van der Waals surface area contributed by atoms with E-state index in [0.29, 0.717) is 6.54 Å². The Labute approximate surface area is 173 Å². The second-order valence-corrected chi connectivity index (χ2v) is 7.23. The van der Waals surface area contributed by atoms with Crippen LogP contribution in [0.1, 0.15) is 34.5 Å². The number of aromatic nitrogens is 2. The summed E-state index contributed by atoms with van der Waals surface area (Å²) in [5.41, 5.74) is 6.11. The Hall–Kier alpha value is -3.08. The average molecular weight is 390 g/mol. The van der Waals surface area contributed by atoms with Crippen LogP contribution in [-0.4, -0.2) is 29.3 Å². The zero-order chi connectivity index (χ0) is 20.5. The standard InChI is InChI=1S/C24H31N5/c1-19-23(20(2)29(28-19)18-22-13-8-5-9-14-22)17-27-24(25-3)26-16-10-15-21-11-6-4-7-12-21/h4-9,11-14H,10,15-18H2,1-3H3,(H2,25,26,27). The van der Waals surface area contributed by atoms with Crippen molar-refractivity contribution in [1.29, 1.82) is 0 Å². The molecule has 3 rings (SSSR count). The highest BCUT2D eigenvalue weighted by molar-refractivity contribution is 5.79. The van der Waals surface area contributed by atoms with E-state index in [1.807, 2.05) is 13.1 Å². The molecule has 5 nitrogen and oxygen atoms in total. The van der Waals surface area contributed by atoms with Gasteiger partial charge in [-0.2, -0.15) is 5.10 Å². The molecule has 0 radical (unpaired) electrons. The summed E-state index contributed by atoms with van der Waals surface area (Å²) in [6, 6.07) is 21.0. The number of hydrogen-bond donors (Lipinski definition) is 2. The quantitative estimate of drug-likeness (QED) is 0.350. The summed E-state index contributed by atoms with van der Waals surface area (Å²) in [6.07, 6.45) is 2.13. The summed E-state index contributed by atoms with van der Waals surface area (Å²) in [5.74, 6) is 0.827. The molecular formula is C24H31N5. The average Bonchev–Trinajstić information content (AvgIpc) is 3.01. The molecule has 0 atom stereocenters. The van der Waals surface area contributed by atoms with Crippen molar-refractivity contribution < 1.29 is 0 Å².